The second-order valence-corrected chi connectivity index (χ2v) is 10.3. The predicted octanol–water partition coefficient (Wildman–Crippen LogP) is 3.25. The summed E-state index contributed by atoms with van der Waals surface area (Å²) < 4.78 is 29.2. The number of sulfonamides is 1. The number of benzene rings is 3. The molecule has 0 radical (unpaired) electrons. The highest BCUT2D eigenvalue weighted by atomic mass is 32.2. The van der Waals surface area contributed by atoms with Crippen LogP contribution in [0.25, 0.3) is 43.6 Å². The lowest BCUT2D eigenvalue weighted by Crippen LogP contribution is -2.44. The molecule has 34 heavy (non-hydrogen) atoms. The topological polar surface area (TPSA) is 115 Å². The van der Waals surface area contributed by atoms with Gasteiger partial charge in [0.25, 0.3) is 0 Å². The third kappa shape index (κ3) is 3.49. The first kappa shape index (κ1) is 22.3. The number of nitrogens with one attached hydrogen (secondary N) is 3. The molecular weight excluding hydrogens is 452 g/mol. The number of pyridine rings is 2. The van der Waals surface area contributed by atoms with Crippen LogP contribution in [0, 0.1) is 0 Å². The Kier molecular flexibility index (Phi) is 5.27. The smallest absolute Gasteiger partial charge is 0.242 e. The van der Waals surface area contributed by atoms with Crippen LogP contribution in [-0.4, -0.2) is 43.5 Å². The summed E-state index contributed by atoms with van der Waals surface area (Å²) in [5.41, 5.74) is 1.47. The highest BCUT2D eigenvalue weighted by Crippen LogP contribution is 2.25. The molecule has 1 unspecified atom stereocenters. The first-order valence-corrected chi connectivity index (χ1v) is 12.4. The number of aromatic amines is 2. The zero-order valence-corrected chi connectivity index (χ0v) is 19.8. The van der Waals surface area contributed by atoms with Crippen molar-refractivity contribution in [2.24, 2.45) is 0 Å². The molecule has 0 amide bonds. The average molecular weight is 477 g/mol. The van der Waals surface area contributed by atoms with E-state index >= 15 is 0 Å². The lowest BCUT2D eigenvalue weighted by molar-refractivity contribution is 0.271. The Hall–Kier alpha value is -3.53. The fraction of sp³-hybridized carbons (Fsp3) is 0.200. The summed E-state index contributed by atoms with van der Waals surface area (Å²) in [7, 11) is -0.407. The largest absolute Gasteiger partial charge is 0.354 e. The molecule has 0 saturated carbocycles. The van der Waals surface area contributed by atoms with Crippen molar-refractivity contribution in [1.29, 1.82) is 0 Å². The maximum Gasteiger partial charge on any atom is 0.242 e. The Bertz CT molecular complexity index is 1820. The van der Waals surface area contributed by atoms with Gasteiger partial charge in [0.1, 0.15) is 0 Å². The predicted molar refractivity (Wildman–Crippen MR) is 136 cm³/mol. The number of nitrogens with zero attached hydrogens (tertiary/aromatic N) is 1. The molecule has 5 rings (SSSR count). The molecule has 0 fully saturated rings. The van der Waals surface area contributed by atoms with Crippen molar-refractivity contribution in [3.05, 3.63) is 75.0 Å². The van der Waals surface area contributed by atoms with Gasteiger partial charge in [0.2, 0.25) is 10.0 Å². The molecule has 2 heterocycles. The van der Waals surface area contributed by atoms with E-state index in [4.69, 9.17) is 0 Å². The minimum absolute atomic E-state index is 0.0820. The van der Waals surface area contributed by atoms with E-state index in [0.29, 0.717) is 44.6 Å². The molecule has 8 nitrogen and oxygen atoms in total. The van der Waals surface area contributed by atoms with Crippen molar-refractivity contribution >= 4 is 53.6 Å². The van der Waals surface area contributed by atoms with Crippen molar-refractivity contribution in [2.45, 2.75) is 24.4 Å². The lowest BCUT2D eigenvalue weighted by atomic mass is 10.1. The van der Waals surface area contributed by atoms with Crippen molar-refractivity contribution in [3.63, 3.8) is 0 Å². The summed E-state index contributed by atoms with van der Waals surface area (Å²) in [5.74, 6) is 0. The Morgan fingerprint density at radius 3 is 2.12 bits per heavy atom. The zero-order chi connectivity index (χ0) is 24.2. The number of rotatable bonds is 5. The van der Waals surface area contributed by atoms with Gasteiger partial charge >= 0.3 is 0 Å². The number of H-pyrrole nitrogens is 2. The van der Waals surface area contributed by atoms with Crippen LogP contribution in [0.2, 0.25) is 0 Å². The molecule has 5 aromatic rings. The molecule has 0 spiro atoms. The van der Waals surface area contributed by atoms with Gasteiger partial charge in [0, 0.05) is 21.7 Å². The zero-order valence-electron chi connectivity index (χ0n) is 19.0. The molecule has 3 aromatic carbocycles. The first-order chi connectivity index (χ1) is 16.2. The number of para-hydroxylation sites is 1. The Labute approximate surface area is 195 Å². The van der Waals surface area contributed by atoms with Crippen LogP contribution < -0.4 is 15.6 Å². The molecule has 174 valence electrons. The number of aromatic nitrogens is 2. The van der Waals surface area contributed by atoms with Crippen molar-refractivity contribution in [2.75, 3.05) is 14.1 Å². The van der Waals surface area contributed by atoms with E-state index in [1.54, 1.807) is 61.5 Å². The minimum atomic E-state index is -3.98. The number of hydrogen-bond acceptors (Lipinski definition) is 5. The third-order valence-corrected chi connectivity index (χ3v) is 7.70. The molecule has 0 aliphatic rings. The number of hydrogen-bond donors (Lipinski definition) is 3. The quantitative estimate of drug-likeness (QED) is 0.266. The second kappa shape index (κ2) is 8.05. The summed E-state index contributed by atoms with van der Waals surface area (Å²) in [6, 6.07) is 15.1. The second-order valence-electron chi connectivity index (χ2n) is 8.58. The van der Waals surface area contributed by atoms with Gasteiger partial charge in [-0.2, -0.15) is 4.72 Å². The van der Waals surface area contributed by atoms with Crippen molar-refractivity contribution in [1.82, 2.24) is 19.6 Å². The molecule has 2 aromatic heterocycles. The summed E-state index contributed by atoms with van der Waals surface area (Å²) >= 11 is 0. The van der Waals surface area contributed by atoms with Gasteiger partial charge < -0.3 is 9.97 Å². The Morgan fingerprint density at radius 1 is 0.824 bits per heavy atom. The third-order valence-electron chi connectivity index (χ3n) is 6.20. The minimum Gasteiger partial charge on any atom is -0.354 e. The van der Waals surface area contributed by atoms with E-state index in [1.165, 1.54) is 6.07 Å². The van der Waals surface area contributed by atoms with E-state index in [9.17, 15) is 18.0 Å². The normalized spacial score (nSPS) is 13.4. The summed E-state index contributed by atoms with van der Waals surface area (Å²) in [5, 5.41) is 1.39. The van der Waals surface area contributed by atoms with E-state index in [1.807, 2.05) is 13.0 Å². The highest BCUT2D eigenvalue weighted by Gasteiger charge is 2.24. The SMILES string of the molecule is CCC(NS(=O)(=O)c1cccc2[nH]c3cc4c(=O)c5ccccc5[nH]c4cc3c(=O)c12)N(C)C. The highest BCUT2D eigenvalue weighted by molar-refractivity contribution is 7.89. The van der Waals surface area contributed by atoms with Gasteiger partial charge in [-0.15, -0.1) is 0 Å². The Balaban J connectivity index is 1.81. The number of fused-ring (bicyclic) bond motifs is 4. The molecule has 9 heteroatoms. The van der Waals surface area contributed by atoms with E-state index in [2.05, 4.69) is 14.7 Å². The van der Waals surface area contributed by atoms with Crippen LogP contribution in [0.3, 0.4) is 0 Å². The van der Waals surface area contributed by atoms with Gasteiger partial charge in [-0.05, 0) is 56.9 Å². The van der Waals surface area contributed by atoms with Crippen molar-refractivity contribution in [3.8, 4) is 0 Å². The average Bonchev–Trinajstić information content (AvgIpc) is 2.82. The van der Waals surface area contributed by atoms with Crippen LogP contribution in [0.15, 0.2) is 69.1 Å². The van der Waals surface area contributed by atoms with Gasteiger partial charge in [0.05, 0.1) is 33.0 Å². The molecule has 0 aliphatic carbocycles. The van der Waals surface area contributed by atoms with Gasteiger partial charge in [0.15, 0.2) is 10.9 Å². The van der Waals surface area contributed by atoms with Crippen LogP contribution in [0.4, 0.5) is 0 Å². The summed E-state index contributed by atoms with van der Waals surface area (Å²) in [6.45, 7) is 1.88. The van der Waals surface area contributed by atoms with Gasteiger partial charge in [-0.25, -0.2) is 8.42 Å². The Morgan fingerprint density at radius 2 is 1.44 bits per heavy atom. The van der Waals surface area contributed by atoms with Crippen LogP contribution in [0.5, 0.6) is 0 Å². The fourth-order valence-electron chi connectivity index (χ4n) is 4.43. The van der Waals surface area contributed by atoms with Crippen LogP contribution >= 0.6 is 0 Å². The first-order valence-electron chi connectivity index (χ1n) is 10.9. The van der Waals surface area contributed by atoms with Crippen LogP contribution in [-0.2, 0) is 10.0 Å². The molecule has 0 saturated heterocycles. The monoisotopic (exact) mass is 476 g/mol. The van der Waals surface area contributed by atoms with E-state index in [-0.39, 0.29) is 15.7 Å². The maximum atomic E-state index is 13.6. The fourth-order valence-corrected chi connectivity index (χ4v) is 6.02. The molecule has 3 N–H and O–H groups in total. The summed E-state index contributed by atoms with van der Waals surface area (Å²) in [6.07, 6.45) is 0.144. The standard InChI is InChI=1S/C25H24N4O4S/c1-4-22(29(2)3)28-34(32,33)21-11-7-10-18-23(21)25(31)16-13-19-15(12-20(16)27-18)24(30)14-8-5-6-9-17(14)26-19/h5-13,22,28H,4H2,1-3H3,(H,26,30)(H,27,31). The summed E-state index contributed by atoms with van der Waals surface area (Å²) in [4.78, 5) is 34.7. The lowest BCUT2D eigenvalue weighted by Gasteiger charge is -2.24. The molecule has 1 atom stereocenters. The molecular formula is C25H24N4O4S. The van der Waals surface area contributed by atoms with Crippen LogP contribution in [0.1, 0.15) is 13.3 Å². The molecule has 0 bridgehead atoms. The van der Waals surface area contributed by atoms with Crippen molar-refractivity contribution < 1.29 is 8.42 Å². The van der Waals surface area contributed by atoms with E-state index in [0.717, 1.165) is 0 Å². The van der Waals surface area contributed by atoms with Gasteiger partial charge in [-0.1, -0.05) is 25.1 Å². The van der Waals surface area contributed by atoms with E-state index < -0.39 is 21.6 Å². The van der Waals surface area contributed by atoms with Gasteiger partial charge in [-0.3, -0.25) is 14.5 Å². The molecule has 0 aliphatic heterocycles. The maximum absolute atomic E-state index is 13.6.